The zero-order valence-corrected chi connectivity index (χ0v) is 24.5. The zero-order valence-electron chi connectivity index (χ0n) is 23.7. The van der Waals surface area contributed by atoms with Gasteiger partial charge in [0.05, 0.1) is 33.0 Å². The molecule has 5 rings (SSSR count). The van der Waals surface area contributed by atoms with Gasteiger partial charge < -0.3 is 24.0 Å². The number of fused-ring (bicyclic) bond motifs is 1. The Balaban J connectivity index is 1.46. The molecule has 2 amide bonds. The summed E-state index contributed by atoms with van der Waals surface area (Å²) in [5.41, 5.74) is 1.32. The maximum absolute atomic E-state index is 14.2. The van der Waals surface area contributed by atoms with Crippen molar-refractivity contribution in [2.24, 2.45) is 11.3 Å². The van der Waals surface area contributed by atoms with Crippen LogP contribution in [0.3, 0.4) is 0 Å². The zero-order chi connectivity index (χ0) is 28.8. The molecule has 0 radical (unpaired) electrons. The van der Waals surface area contributed by atoms with Crippen LogP contribution in [0.5, 0.6) is 0 Å². The lowest BCUT2D eigenvalue weighted by atomic mass is 9.66. The summed E-state index contributed by atoms with van der Waals surface area (Å²) in [5, 5.41) is 0. The van der Waals surface area contributed by atoms with E-state index in [1.165, 1.54) is 7.11 Å². The van der Waals surface area contributed by atoms with Gasteiger partial charge in [-0.3, -0.25) is 14.4 Å². The fraction of sp³-hybridized carbons (Fsp3) is 0.469. The van der Waals surface area contributed by atoms with Gasteiger partial charge in [-0.05, 0) is 30.5 Å². The van der Waals surface area contributed by atoms with E-state index in [4.69, 9.17) is 14.2 Å². The molecular formula is C32H38N2O6S. The average Bonchev–Trinajstić information content (AvgIpc) is 3.01. The van der Waals surface area contributed by atoms with Gasteiger partial charge in [0.1, 0.15) is 11.5 Å². The van der Waals surface area contributed by atoms with E-state index in [1.807, 2.05) is 90.3 Å². The fourth-order valence-corrected chi connectivity index (χ4v) is 7.00. The van der Waals surface area contributed by atoms with Gasteiger partial charge in [-0.2, -0.15) is 11.8 Å². The number of likely N-dealkylation sites (tertiary alicyclic amines) is 1. The molecule has 2 fully saturated rings. The van der Waals surface area contributed by atoms with Crippen molar-refractivity contribution in [3.8, 4) is 0 Å². The highest BCUT2D eigenvalue weighted by Gasteiger charge is 2.59. The topological polar surface area (TPSA) is 85.4 Å². The molecule has 3 aliphatic rings. The summed E-state index contributed by atoms with van der Waals surface area (Å²) < 4.78 is 17.7. The first-order valence-electron chi connectivity index (χ1n) is 14.2. The van der Waals surface area contributed by atoms with Crippen LogP contribution in [0.25, 0.3) is 0 Å². The maximum atomic E-state index is 14.2. The molecule has 3 heterocycles. The van der Waals surface area contributed by atoms with Crippen molar-refractivity contribution in [1.82, 2.24) is 9.80 Å². The van der Waals surface area contributed by atoms with Crippen molar-refractivity contribution in [2.45, 2.75) is 45.1 Å². The summed E-state index contributed by atoms with van der Waals surface area (Å²) in [6, 6.07) is 19.6. The lowest BCUT2D eigenvalue weighted by Gasteiger charge is -2.51. The second kappa shape index (κ2) is 13.2. The first kappa shape index (κ1) is 29.4. The van der Waals surface area contributed by atoms with Crippen molar-refractivity contribution in [3.63, 3.8) is 0 Å². The highest BCUT2D eigenvalue weighted by molar-refractivity contribution is 7.99. The standard InChI is InChI=1S/C32H38N2O6S/c1-23-32(31(37)38-2)19-26(17-29(35)33-13-15-41-16-14-33)30(36)34(20-24-9-5-3-6-10-24)28(32)18-27(40-23)22-39-21-25-11-7-4-8-12-25/h3-12,18,23,26-27H,13-17,19-22H2,1-2H3/t23-,26+,27-,32+/m1/s1. The molecule has 0 N–H and O–H groups in total. The number of piperidine rings is 1. The Labute approximate surface area is 246 Å². The van der Waals surface area contributed by atoms with Crippen LogP contribution in [-0.2, 0) is 41.7 Å². The molecule has 41 heavy (non-hydrogen) atoms. The normalized spacial score (nSPS) is 26.2. The van der Waals surface area contributed by atoms with Crippen molar-refractivity contribution < 1.29 is 28.6 Å². The van der Waals surface area contributed by atoms with Crippen LogP contribution in [0.4, 0.5) is 0 Å². The number of ether oxygens (including phenoxy) is 3. The predicted molar refractivity (Wildman–Crippen MR) is 157 cm³/mol. The number of thioether (sulfide) groups is 1. The third-order valence-corrected chi connectivity index (χ3v) is 9.20. The van der Waals surface area contributed by atoms with Crippen LogP contribution in [0.15, 0.2) is 72.4 Å². The highest BCUT2D eigenvalue weighted by Crippen LogP contribution is 2.50. The minimum absolute atomic E-state index is 0.0488. The molecule has 218 valence electrons. The Hall–Kier alpha value is -3.14. The minimum Gasteiger partial charge on any atom is -0.468 e. The second-order valence-corrected chi connectivity index (χ2v) is 12.1. The first-order chi connectivity index (χ1) is 19.9. The van der Waals surface area contributed by atoms with Gasteiger partial charge in [-0.25, -0.2) is 0 Å². The molecule has 8 nitrogen and oxygen atoms in total. The van der Waals surface area contributed by atoms with Gasteiger partial charge in [0, 0.05) is 42.6 Å². The van der Waals surface area contributed by atoms with Gasteiger partial charge in [0.2, 0.25) is 11.8 Å². The summed E-state index contributed by atoms with van der Waals surface area (Å²) in [6.07, 6.45) is 0.995. The minimum atomic E-state index is -1.23. The largest absolute Gasteiger partial charge is 0.468 e. The summed E-state index contributed by atoms with van der Waals surface area (Å²) in [6.45, 7) is 4.17. The van der Waals surface area contributed by atoms with E-state index in [0.29, 0.717) is 25.4 Å². The molecule has 0 unspecified atom stereocenters. The molecule has 2 aromatic rings. The lowest BCUT2D eigenvalue weighted by molar-refractivity contribution is -0.178. The third-order valence-electron chi connectivity index (χ3n) is 8.26. The van der Waals surface area contributed by atoms with Crippen molar-refractivity contribution in [1.29, 1.82) is 0 Å². The van der Waals surface area contributed by atoms with Crippen LogP contribution >= 0.6 is 11.8 Å². The summed E-state index contributed by atoms with van der Waals surface area (Å²) in [4.78, 5) is 44.7. The molecule has 2 saturated heterocycles. The Morgan fingerprint density at radius 3 is 2.34 bits per heavy atom. The molecule has 3 aliphatic heterocycles. The van der Waals surface area contributed by atoms with E-state index < -0.39 is 29.5 Å². The van der Waals surface area contributed by atoms with Gasteiger partial charge in [0.25, 0.3) is 0 Å². The summed E-state index contributed by atoms with van der Waals surface area (Å²) in [7, 11) is 1.36. The van der Waals surface area contributed by atoms with Gasteiger partial charge >= 0.3 is 5.97 Å². The SMILES string of the molecule is COC(=O)[C@]12C[C@H](CC(=O)N3CCSCC3)C(=O)N(Cc3ccccc3)C1=C[C@H](COCc1ccccc1)O[C@@H]2C. The first-order valence-corrected chi connectivity index (χ1v) is 15.4. The molecule has 0 aliphatic carbocycles. The molecule has 2 aromatic carbocycles. The Bertz CT molecular complexity index is 1250. The number of hydrogen-bond acceptors (Lipinski definition) is 7. The number of rotatable bonds is 9. The molecule has 0 aromatic heterocycles. The van der Waals surface area contributed by atoms with Crippen molar-refractivity contribution >= 4 is 29.5 Å². The number of carbonyl (C=O) groups excluding carboxylic acids is 3. The van der Waals surface area contributed by atoms with E-state index in [9.17, 15) is 14.4 Å². The van der Waals surface area contributed by atoms with Gasteiger partial charge in [-0.1, -0.05) is 60.7 Å². The number of benzene rings is 2. The van der Waals surface area contributed by atoms with Crippen LogP contribution in [-0.4, -0.2) is 78.1 Å². The monoisotopic (exact) mass is 578 g/mol. The van der Waals surface area contributed by atoms with Crippen molar-refractivity contribution in [2.75, 3.05) is 38.3 Å². The van der Waals surface area contributed by atoms with Crippen molar-refractivity contribution in [3.05, 3.63) is 83.6 Å². The molecule has 0 spiro atoms. The second-order valence-electron chi connectivity index (χ2n) is 10.8. The molecule has 0 saturated carbocycles. The van der Waals surface area contributed by atoms with E-state index >= 15 is 0 Å². The van der Waals surface area contributed by atoms with Gasteiger partial charge in [0.15, 0.2) is 0 Å². The van der Waals surface area contributed by atoms with Crippen LogP contribution in [0.1, 0.15) is 30.9 Å². The number of esters is 1. The maximum Gasteiger partial charge on any atom is 0.320 e. The molecular weight excluding hydrogens is 540 g/mol. The molecule has 9 heteroatoms. The predicted octanol–water partition coefficient (Wildman–Crippen LogP) is 4.05. The number of carbonyl (C=O) groups is 3. The van der Waals surface area contributed by atoms with Gasteiger partial charge in [-0.15, -0.1) is 0 Å². The number of amides is 2. The highest BCUT2D eigenvalue weighted by atomic mass is 32.2. The molecule has 0 bridgehead atoms. The number of methoxy groups -OCH3 is 1. The van der Waals surface area contributed by atoms with Crippen LogP contribution in [0, 0.1) is 11.3 Å². The summed E-state index contributed by atoms with van der Waals surface area (Å²) >= 11 is 1.83. The van der Waals surface area contributed by atoms with E-state index in [1.54, 1.807) is 4.90 Å². The average molecular weight is 579 g/mol. The van der Waals surface area contributed by atoms with Crippen LogP contribution in [0.2, 0.25) is 0 Å². The Morgan fingerprint density at radius 1 is 1.02 bits per heavy atom. The Kier molecular flexibility index (Phi) is 9.47. The van der Waals surface area contributed by atoms with E-state index in [-0.39, 0.29) is 37.8 Å². The summed E-state index contributed by atoms with van der Waals surface area (Å²) in [5.74, 6) is 0.445. The van der Waals surface area contributed by atoms with Crippen LogP contribution < -0.4 is 0 Å². The fourth-order valence-electron chi connectivity index (χ4n) is 6.10. The quantitative estimate of drug-likeness (QED) is 0.415. The number of nitrogens with zero attached hydrogens (tertiary/aromatic N) is 2. The smallest absolute Gasteiger partial charge is 0.320 e. The Morgan fingerprint density at radius 2 is 1.68 bits per heavy atom. The number of hydrogen-bond donors (Lipinski definition) is 0. The molecule has 4 atom stereocenters. The van der Waals surface area contributed by atoms with E-state index in [0.717, 1.165) is 22.6 Å². The lowest BCUT2D eigenvalue weighted by Crippen LogP contribution is -2.60. The third kappa shape index (κ3) is 6.37. The van der Waals surface area contributed by atoms with E-state index in [2.05, 4.69) is 0 Å².